The molecule has 0 heterocycles. The summed E-state index contributed by atoms with van der Waals surface area (Å²) in [6.45, 7) is 1.87. The lowest BCUT2D eigenvalue weighted by Crippen LogP contribution is -2.46. The fraction of sp³-hybridized carbons (Fsp3) is 0.750. The first-order valence-corrected chi connectivity index (χ1v) is 5.71. The van der Waals surface area contributed by atoms with Crippen LogP contribution < -0.4 is 0 Å². The molecule has 16 heavy (non-hydrogen) atoms. The summed E-state index contributed by atoms with van der Waals surface area (Å²) in [7, 11) is 0. The molecule has 0 radical (unpaired) electrons. The second kappa shape index (κ2) is 4.09. The summed E-state index contributed by atoms with van der Waals surface area (Å²) in [6.07, 6.45) is 2.38. The smallest absolute Gasteiger partial charge is 0.161 e. The van der Waals surface area contributed by atoms with Crippen LogP contribution in [-0.2, 0) is 19.1 Å². The van der Waals surface area contributed by atoms with Gasteiger partial charge in [0.25, 0.3) is 0 Å². The van der Waals surface area contributed by atoms with E-state index in [1.807, 2.05) is 6.92 Å². The normalized spacial score (nSPS) is 38.6. The van der Waals surface area contributed by atoms with Gasteiger partial charge in [0.2, 0.25) is 0 Å². The van der Waals surface area contributed by atoms with E-state index >= 15 is 0 Å². The van der Waals surface area contributed by atoms with Gasteiger partial charge < -0.3 is 9.53 Å². The van der Waals surface area contributed by atoms with E-state index in [0.29, 0.717) is 32.0 Å². The zero-order valence-electron chi connectivity index (χ0n) is 9.40. The molecule has 88 valence electrons. The van der Waals surface area contributed by atoms with Crippen LogP contribution in [-0.4, -0.2) is 30.6 Å². The summed E-state index contributed by atoms with van der Waals surface area (Å²) in [5.41, 5.74) is -0.401. The summed E-state index contributed by atoms with van der Waals surface area (Å²) >= 11 is 0. The Bertz CT molecular complexity index is 336. The molecule has 0 aromatic heterocycles. The molecule has 3 unspecified atom stereocenters. The minimum atomic E-state index is -0.546. The molecule has 3 atom stereocenters. The second-order valence-electron chi connectivity index (χ2n) is 4.87. The molecule has 0 bridgehead atoms. The Morgan fingerprint density at radius 3 is 2.88 bits per heavy atom. The number of hydrogen-bond acceptors (Lipinski definition) is 4. The third kappa shape index (κ3) is 1.61. The van der Waals surface area contributed by atoms with Crippen molar-refractivity contribution < 1.29 is 19.1 Å². The first kappa shape index (κ1) is 11.5. The van der Waals surface area contributed by atoms with Crippen LogP contribution in [0.15, 0.2) is 0 Å². The number of hydrogen-bond donors (Lipinski definition) is 0. The van der Waals surface area contributed by atoms with Crippen LogP contribution in [0.4, 0.5) is 0 Å². The topological polar surface area (TPSA) is 60.4 Å². The predicted octanol–water partition coefficient (Wildman–Crippen LogP) is 0.919. The number of ketones is 2. The Morgan fingerprint density at radius 2 is 2.19 bits per heavy atom. The van der Waals surface area contributed by atoms with Gasteiger partial charge in [-0.25, -0.2) is 0 Å². The van der Waals surface area contributed by atoms with E-state index in [1.54, 1.807) is 0 Å². The third-order valence-electron chi connectivity index (χ3n) is 4.06. The number of Topliss-reactive ketones (excluding diaryl/α,β-unsaturated/α-hetero) is 2. The highest BCUT2D eigenvalue weighted by molar-refractivity contribution is 5.93. The van der Waals surface area contributed by atoms with Gasteiger partial charge in [0.05, 0.1) is 0 Å². The molecule has 4 heteroatoms. The molecule has 0 aliphatic heterocycles. The first-order chi connectivity index (χ1) is 7.59. The van der Waals surface area contributed by atoms with E-state index in [9.17, 15) is 14.4 Å². The van der Waals surface area contributed by atoms with Gasteiger partial charge in [0.15, 0.2) is 5.78 Å². The molecular formula is C12H16O4. The summed E-state index contributed by atoms with van der Waals surface area (Å²) < 4.78 is 5.30. The minimum Gasteiger partial charge on any atom is -0.363 e. The second-order valence-corrected chi connectivity index (χ2v) is 4.87. The highest BCUT2D eigenvalue weighted by Crippen LogP contribution is 2.49. The Labute approximate surface area is 94.3 Å². The van der Waals surface area contributed by atoms with Gasteiger partial charge in [0, 0.05) is 24.2 Å². The summed E-state index contributed by atoms with van der Waals surface area (Å²) in [5.74, 6) is 0.255. The van der Waals surface area contributed by atoms with Crippen molar-refractivity contribution in [2.75, 3.05) is 6.61 Å². The van der Waals surface area contributed by atoms with Crippen LogP contribution in [0.5, 0.6) is 0 Å². The molecule has 0 spiro atoms. The van der Waals surface area contributed by atoms with E-state index in [-0.39, 0.29) is 24.1 Å². The average molecular weight is 224 g/mol. The van der Waals surface area contributed by atoms with Gasteiger partial charge in [0.1, 0.15) is 24.8 Å². The molecule has 2 fully saturated rings. The highest BCUT2D eigenvalue weighted by Gasteiger charge is 2.54. The highest BCUT2D eigenvalue weighted by atomic mass is 16.5. The maximum absolute atomic E-state index is 11.8. The monoisotopic (exact) mass is 224 g/mol. The lowest BCUT2D eigenvalue weighted by Gasteiger charge is -2.38. The minimum absolute atomic E-state index is 0.0267. The van der Waals surface area contributed by atoms with Crippen molar-refractivity contribution in [1.82, 2.24) is 0 Å². The Balaban J connectivity index is 2.19. The van der Waals surface area contributed by atoms with Gasteiger partial charge in [-0.15, -0.1) is 0 Å². The zero-order chi connectivity index (χ0) is 11.8. The largest absolute Gasteiger partial charge is 0.363 e. The molecule has 0 saturated heterocycles. The first-order valence-electron chi connectivity index (χ1n) is 5.71. The SMILES string of the molecule is CC12CCC(=O)C(OCC=O)C1CCC2=O. The van der Waals surface area contributed by atoms with Crippen molar-refractivity contribution in [1.29, 1.82) is 0 Å². The summed E-state index contributed by atoms with van der Waals surface area (Å²) in [6, 6.07) is 0. The van der Waals surface area contributed by atoms with Gasteiger partial charge in [-0.3, -0.25) is 9.59 Å². The maximum Gasteiger partial charge on any atom is 0.161 e. The number of carbonyl (C=O) groups excluding carboxylic acids is 3. The molecule has 2 aliphatic carbocycles. The van der Waals surface area contributed by atoms with Crippen LogP contribution in [0.25, 0.3) is 0 Å². The van der Waals surface area contributed by atoms with E-state index in [1.165, 1.54) is 0 Å². The molecular weight excluding hydrogens is 208 g/mol. The third-order valence-corrected chi connectivity index (χ3v) is 4.06. The zero-order valence-corrected chi connectivity index (χ0v) is 9.40. The predicted molar refractivity (Wildman–Crippen MR) is 55.9 cm³/mol. The van der Waals surface area contributed by atoms with Crippen LogP contribution in [0.2, 0.25) is 0 Å². The number of rotatable bonds is 3. The number of aldehydes is 1. The standard InChI is InChI=1S/C12H16O4/c1-12-5-4-9(14)11(16-7-6-13)8(12)2-3-10(12)15/h6,8,11H,2-5,7H2,1H3. The lowest BCUT2D eigenvalue weighted by atomic mass is 9.67. The Hall–Kier alpha value is -1.03. The van der Waals surface area contributed by atoms with Gasteiger partial charge in [-0.05, 0) is 12.8 Å². The molecule has 2 saturated carbocycles. The van der Waals surface area contributed by atoms with Crippen molar-refractivity contribution in [3.05, 3.63) is 0 Å². The Kier molecular flexibility index (Phi) is 2.93. The Morgan fingerprint density at radius 1 is 1.44 bits per heavy atom. The number of ether oxygens (including phenoxy) is 1. The van der Waals surface area contributed by atoms with Crippen LogP contribution in [0, 0.1) is 11.3 Å². The van der Waals surface area contributed by atoms with Gasteiger partial charge in [-0.2, -0.15) is 0 Å². The molecule has 0 aromatic carbocycles. The number of carbonyl (C=O) groups is 3. The maximum atomic E-state index is 11.8. The lowest BCUT2D eigenvalue weighted by molar-refractivity contribution is -0.148. The average Bonchev–Trinajstić information content (AvgIpc) is 2.56. The molecule has 0 amide bonds. The molecule has 0 N–H and O–H groups in total. The number of fused-ring (bicyclic) bond motifs is 1. The van der Waals surface area contributed by atoms with Crippen molar-refractivity contribution in [2.24, 2.45) is 11.3 Å². The van der Waals surface area contributed by atoms with E-state index in [0.717, 1.165) is 0 Å². The van der Waals surface area contributed by atoms with Crippen LogP contribution in [0.3, 0.4) is 0 Å². The van der Waals surface area contributed by atoms with E-state index in [2.05, 4.69) is 0 Å². The van der Waals surface area contributed by atoms with Crippen LogP contribution in [0.1, 0.15) is 32.6 Å². The molecule has 0 aromatic rings. The van der Waals surface area contributed by atoms with E-state index in [4.69, 9.17) is 4.74 Å². The summed E-state index contributed by atoms with van der Waals surface area (Å²) in [4.78, 5) is 33.8. The fourth-order valence-corrected chi connectivity index (χ4v) is 3.01. The molecule has 4 nitrogen and oxygen atoms in total. The molecule has 2 aliphatic rings. The van der Waals surface area contributed by atoms with Crippen molar-refractivity contribution in [2.45, 2.75) is 38.7 Å². The van der Waals surface area contributed by atoms with Crippen LogP contribution >= 0.6 is 0 Å². The summed E-state index contributed by atoms with van der Waals surface area (Å²) in [5, 5.41) is 0. The quantitative estimate of drug-likeness (QED) is 0.669. The van der Waals surface area contributed by atoms with Crippen molar-refractivity contribution in [3.63, 3.8) is 0 Å². The van der Waals surface area contributed by atoms with Crippen molar-refractivity contribution in [3.8, 4) is 0 Å². The van der Waals surface area contributed by atoms with Crippen molar-refractivity contribution >= 4 is 17.9 Å². The van der Waals surface area contributed by atoms with Gasteiger partial charge in [-0.1, -0.05) is 6.92 Å². The van der Waals surface area contributed by atoms with Gasteiger partial charge >= 0.3 is 0 Å². The van der Waals surface area contributed by atoms with E-state index < -0.39 is 11.5 Å². The molecule has 2 rings (SSSR count). The fourth-order valence-electron chi connectivity index (χ4n) is 3.01.